The Hall–Kier alpha value is -2.75. The number of likely N-dealkylation sites (tertiary alicyclic amines) is 1. The molecular weight excluding hydrogens is 489 g/mol. The van der Waals surface area contributed by atoms with Crippen molar-refractivity contribution in [2.24, 2.45) is 0 Å². The van der Waals surface area contributed by atoms with Gasteiger partial charge in [0.15, 0.2) is 11.6 Å². The Morgan fingerprint density at radius 2 is 2.16 bits per heavy atom. The normalized spacial score (nSPS) is 20.4. The molecule has 3 aliphatic rings. The van der Waals surface area contributed by atoms with Gasteiger partial charge in [0.1, 0.15) is 11.9 Å². The van der Waals surface area contributed by atoms with E-state index in [1.54, 1.807) is 6.07 Å². The summed E-state index contributed by atoms with van der Waals surface area (Å²) in [5.41, 5.74) is 3.55. The third kappa shape index (κ3) is 6.11. The number of nitrogens with one attached hydrogen (secondary N) is 1. The second-order valence-electron chi connectivity index (χ2n) is 10.5. The second kappa shape index (κ2) is 12.4. The molecule has 3 aliphatic heterocycles. The van der Waals surface area contributed by atoms with Crippen LogP contribution in [0.2, 0.25) is 0 Å². The predicted octanol–water partition coefficient (Wildman–Crippen LogP) is 4.33. The van der Waals surface area contributed by atoms with Crippen molar-refractivity contribution in [2.75, 3.05) is 51.9 Å². The van der Waals surface area contributed by atoms with Crippen molar-refractivity contribution in [1.29, 1.82) is 0 Å². The number of pyridine rings is 1. The molecule has 0 spiro atoms. The number of aromatic nitrogens is 1. The van der Waals surface area contributed by atoms with Gasteiger partial charge in [0.25, 0.3) is 0 Å². The van der Waals surface area contributed by atoms with Gasteiger partial charge in [0.2, 0.25) is 0 Å². The average molecular weight is 528 g/mol. The van der Waals surface area contributed by atoms with Gasteiger partial charge in [-0.2, -0.15) is 0 Å². The molecule has 2 saturated heterocycles. The van der Waals surface area contributed by atoms with E-state index in [2.05, 4.69) is 17.4 Å². The molecule has 1 aromatic carbocycles. The lowest BCUT2D eigenvalue weighted by atomic mass is 9.92. The highest BCUT2D eigenvalue weighted by molar-refractivity contribution is 5.77. The number of nitrogens with zero attached hydrogens (tertiary/aromatic N) is 2. The van der Waals surface area contributed by atoms with Crippen LogP contribution in [0, 0.1) is 5.82 Å². The van der Waals surface area contributed by atoms with Crippen LogP contribution >= 0.6 is 0 Å². The van der Waals surface area contributed by atoms with Crippen molar-refractivity contribution in [2.45, 2.75) is 63.0 Å². The zero-order valence-corrected chi connectivity index (χ0v) is 22.1. The number of hydrogen-bond donors (Lipinski definition) is 2. The number of benzene rings is 1. The average Bonchev–Trinajstić information content (AvgIpc) is 3.33. The number of carboxylic acid groups (broad SMARTS) is 1. The Balaban J connectivity index is 1.10. The summed E-state index contributed by atoms with van der Waals surface area (Å²) in [4.78, 5) is 19.0. The van der Waals surface area contributed by atoms with Gasteiger partial charge in [0, 0.05) is 43.4 Å². The lowest BCUT2D eigenvalue weighted by Crippen LogP contribution is -2.34. The zero-order chi connectivity index (χ0) is 26.5. The van der Waals surface area contributed by atoms with Gasteiger partial charge in [-0.15, -0.1) is 0 Å². The minimum atomic E-state index is -1.02. The predicted molar refractivity (Wildman–Crippen MR) is 141 cm³/mol. The van der Waals surface area contributed by atoms with Crippen LogP contribution in [0.4, 0.5) is 10.2 Å². The van der Waals surface area contributed by atoms with Gasteiger partial charge in [-0.1, -0.05) is 12.5 Å². The summed E-state index contributed by atoms with van der Waals surface area (Å²) in [6.07, 6.45) is 6.99. The maximum Gasteiger partial charge on any atom is 0.325 e. The molecule has 2 atom stereocenters. The summed E-state index contributed by atoms with van der Waals surface area (Å²) in [6, 6.07) is 6.56. The molecule has 1 aromatic heterocycles. The smallest absolute Gasteiger partial charge is 0.325 e. The van der Waals surface area contributed by atoms with Crippen LogP contribution in [0.5, 0.6) is 5.75 Å². The van der Waals surface area contributed by atoms with Crippen LogP contribution in [-0.2, 0) is 27.1 Å². The molecule has 2 N–H and O–H groups in total. The number of unbranched alkanes of at least 4 members (excludes halogenated alkanes) is 2. The monoisotopic (exact) mass is 527 g/mol. The molecule has 0 unspecified atom stereocenters. The van der Waals surface area contributed by atoms with Crippen LogP contribution in [-0.4, -0.2) is 73.6 Å². The Labute approximate surface area is 223 Å². The fraction of sp³-hybridized carbons (Fsp3) is 0.586. The van der Waals surface area contributed by atoms with E-state index in [1.165, 1.54) is 25.2 Å². The number of aliphatic carboxylic acids is 1. The Morgan fingerprint density at radius 3 is 2.92 bits per heavy atom. The maximum atomic E-state index is 14.9. The molecule has 0 bridgehead atoms. The number of ether oxygens (including phenoxy) is 3. The van der Waals surface area contributed by atoms with E-state index in [-0.39, 0.29) is 17.8 Å². The zero-order valence-electron chi connectivity index (χ0n) is 22.1. The Bertz CT molecular complexity index is 1130. The third-order valence-corrected chi connectivity index (χ3v) is 7.86. The molecule has 9 heteroatoms. The summed E-state index contributed by atoms with van der Waals surface area (Å²) >= 11 is 0. The van der Waals surface area contributed by atoms with Crippen molar-refractivity contribution in [3.8, 4) is 5.75 Å². The molecule has 8 nitrogen and oxygen atoms in total. The van der Waals surface area contributed by atoms with Crippen LogP contribution in [0.15, 0.2) is 24.3 Å². The summed E-state index contributed by atoms with van der Waals surface area (Å²) in [5, 5.41) is 13.5. The van der Waals surface area contributed by atoms with E-state index < -0.39 is 17.8 Å². The maximum absolute atomic E-state index is 14.9. The summed E-state index contributed by atoms with van der Waals surface area (Å²) in [6.45, 7) is 3.74. The van der Waals surface area contributed by atoms with Crippen LogP contribution < -0.4 is 10.1 Å². The van der Waals surface area contributed by atoms with E-state index in [4.69, 9.17) is 19.2 Å². The number of methoxy groups -OCH3 is 1. The summed E-state index contributed by atoms with van der Waals surface area (Å²) in [7, 11) is 1.38. The highest BCUT2D eigenvalue weighted by Crippen LogP contribution is 2.38. The van der Waals surface area contributed by atoms with E-state index in [0.29, 0.717) is 38.5 Å². The molecule has 0 aliphatic carbocycles. The lowest BCUT2D eigenvalue weighted by Gasteiger charge is -2.30. The van der Waals surface area contributed by atoms with E-state index in [0.717, 1.165) is 62.1 Å². The molecule has 0 radical (unpaired) electrons. The van der Waals surface area contributed by atoms with Gasteiger partial charge in [-0.3, -0.25) is 9.69 Å². The number of fused-ring (bicyclic) bond motifs is 1. The van der Waals surface area contributed by atoms with Gasteiger partial charge in [-0.05, 0) is 67.9 Å². The lowest BCUT2D eigenvalue weighted by molar-refractivity contribution is -0.143. The Morgan fingerprint density at radius 1 is 1.29 bits per heavy atom. The Kier molecular flexibility index (Phi) is 8.76. The highest BCUT2D eigenvalue weighted by atomic mass is 19.1. The van der Waals surface area contributed by atoms with Gasteiger partial charge in [-0.25, -0.2) is 9.37 Å². The van der Waals surface area contributed by atoms with Crippen LogP contribution in [0.1, 0.15) is 66.4 Å². The van der Waals surface area contributed by atoms with Crippen molar-refractivity contribution < 1.29 is 28.5 Å². The number of anilines is 1. The van der Waals surface area contributed by atoms with Crippen LogP contribution in [0.25, 0.3) is 0 Å². The van der Waals surface area contributed by atoms with Gasteiger partial charge in [0.05, 0.1) is 26.4 Å². The summed E-state index contributed by atoms with van der Waals surface area (Å²) < 4.78 is 31.5. The highest BCUT2D eigenvalue weighted by Gasteiger charge is 2.37. The molecule has 38 heavy (non-hydrogen) atoms. The molecule has 0 saturated carbocycles. The second-order valence-corrected chi connectivity index (χ2v) is 10.5. The minimum Gasteiger partial charge on any atom is -0.493 e. The topological polar surface area (TPSA) is 93.2 Å². The quantitative estimate of drug-likeness (QED) is 0.394. The van der Waals surface area contributed by atoms with Gasteiger partial charge >= 0.3 is 5.97 Å². The molecule has 2 aromatic rings. The fourth-order valence-corrected chi connectivity index (χ4v) is 5.67. The number of carbonyl (C=O) groups is 1. The first-order chi connectivity index (χ1) is 18.5. The molecule has 206 valence electrons. The van der Waals surface area contributed by atoms with Crippen molar-refractivity contribution >= 4 is 11.8 Å². The van der Waals surface area contributed by atoms with E-state index in [9.17, 15) is 14.3 Å². The van der Waals surface area contributed by atoms with E-state index in [1.807, 2.05) is 4.90 Å². The number of aryl methyl sites for hydroxylation is 2. The molecular formula is C29H38FN3O5. The molecule has 5 rings (SSSR count). The number of hydrogen-bond acceptors (Lipinski definition) is 7. The number of carboxylic acids is 1. The number of halogens is 1. The first kappa shape index (κ1) is 26.8. The number of rotatable bonds is 12. The van der Waals surface area contributed by atoms with Crippen molar-refractivity contribution in [3.63, 3.8) is 0 Å². The first-order valence-corrected chi connectivity index (χ1v) is 13.8. The molecule has 2 fully saturated rings. The fourth-order valence-electron chi connectivity index (χ4n) is 5.67. The third-order valence-electron chi connectivity index (χ3n) is 7.86. The van der Waals surface area contributed by atoms with Crippen molar-refractivity contribution in [1.82, 2.24) is 9.88 Å². The van der Waals surface area contributed by atoms with E-state index >= 15 is 0 Å². The minimum absolute atomic E-state index is 0.00467. The van der Waals surface area contributed by atoms with Gasteiger partial charge < -0.3 is 24.6 Å². The molecule has 0 amide bonds. The largest absolute Gasteiger partial charge is 0.493 e. The molecule has 4 heterocycles. The standard InChI is InChI=1S/C29H38FN3O5/c1-36-27-24(14-20(15-25(27)30)21-17-37-18-21)26(29(34)35)33-12-10-23(16-33)38-13-4-2-3-7-22-9-8-19-6-5-11-31-28(19)32-22/h8-9,14-15,21,23,26H,2-7,10-13,16-18H2,1H3,(H,31,32)(H,34,35)/t23-,26+/m1/s1. The summed E-state index contributed by atoms with van der Waals surface area (Å²) in [5.74, 6) is -0.428. The van der Waals surface area contributed by atoms with Crippen molar-refractivity contribution in [3.05, 3.63) is 52.5 Å². The van der Waals surface area contributed by atoms with Crippen LogP contribution in [0.3, 0.4) is 0 Å². The first-order valence-electron chi connectivity index (χ1n) is 13.8. The SMILES string of the molecule is COc1c(F)cc(C2COC2)cc1[C@@H](C(=O)O)N1CC[C@@H](OCCCCCc2ccc3c(n2)NCCC3)C1.